The summed E-state index contributed by atoms with van der Waals surface area (Å²) in [6.45, 7) is 8.19. The minimum Gasteiger partial charge on any atom is -0.457 e. The second-order valence-corrected chi connectivity index (χ2v) is 11.2. The molecule has 0 amide bonds. The van der Waals surface area contributed by atoms with Gasteiger partial charge in [0.2, 0.25) is 11.8 Å². The lowest BCUT2D eigenvalue weighted by Crippen LogP contribution is -2.34. The summed E-state index contributed by atoms with van der Waals surface area (Å²) in [5, 5.41) is 19.5. The fourth-order valence-corrected chi connectivity index (χ4v) is 5.94. The maximum atomic E-state index is 11.6. The Kier molecular flexibility index (Phi) is 8.41. The van der Waals surface area contributed by atoms with Crippen molar-refractivity contribution in [2.75, 3.05) is 36.8 Å². The van der Waals surface area contributed by atoms with Crippen molar-refractivity contribution >= 4 is 35.9 Å². The molecule has 0 aromatic carbocycles. The van der Waals surface area contributed by atoms with E-state index in [0.29, 0.717) is 42.0 Å². The molecule has 0 bridgehead atoms. The third kappa shape index (κ3) is 5.72. The number of imidazole rings is 1. The third-order valence-electron chi connectivity index (χ3n) is 8.08. The molecule has 16 nitrogen and oxygen atoms in total. The standard InChI is InChI=1S/C26H37N11O5/c1-16(2)37-33-23(32-34-37)20-19(40-14-38)21(41-15-39)25(42-20)36-13-28-18-22(29-17-7-3-4-8-17)30-26(31-24(18)36)27-9-12-35-10-5-6-11-35/h13-17,19-21,25H,3-12H2,1-2H3,(H2,27,29,30,31)/t19-,20-,21+,25+/m0/s1. The van der Waals surface area contributed by atoms with Crippen molar-refractivity contribution in [1.29, 1.82) is 0 Å². The van der Waals surface area contributed by atoms with Crippen molar-refractivity contribution in [2.45, 2.75) is 89.0 Å². The van der Waals surface area contributed by atoms with Gasteiger partial charge < -0.3 is 29.7 Å². The predicted molar refractivity (Wildman–Crippen MR) is 148 cm³/mol. The first-order chi connectivity index (χ1) is 20.6. The van der Waals surface area contributed by atoms with Crippen molar-refractivity contribution < 1.29 is 23.8 Å². The lowest BCUT2D eigenvalue weighted by Gasteiger charge is -2.21. The van der Waals surface area contributed by atoms with E-state index in [9.17, 15) is 9.59 Å². The first kappa shape index (κ1) is 28.2. The number of fused-ring (bicyclic) bond motifs is 1. The largest absolute Gasteiger partial charge is 0.457 e. The van der Waals surface area contributed by atoms with Crippen LogP contribution in [0.1, 0.15) is 76.6 Å². The van der Waals surface area contributed by atoms with E-state index in [4.69, 9.17) is 24.2 Å². The number of hydrogen-bond acceptors (Lipinski definition) is 14. The molecule has 1 saturated carbocycles. The summed E-state index contributed by atoms with van der Waals surface area (Å²) in [5.41, 5.74) is 1.03. The average molecular weight is 584 g/mol. The molecule has 3 aromatic rings. The van der Waals surface area contributed by atoms with E-state index in [2.05, 4.69) is 35.9 Å². The lowest BCUT2D eigenvalue weighted by atomic mass is 10.1. The second kappa shape index (κ2) is 12.5. The normalized spacial score (nSPS) is 24.9. The quantitative estimate of drug-likeness (QED) is 0.277. The summed E-state index contributed by atoms with van der Waals surface area (Å²) in [4.78, 5) is 41.2. The Bertz CT molecular complexity index is 1370. The highest BCUT2D eigenvalue weighted by molar-refractivity contribution is 5.84. The molecule has 4 atom stereocenters. The van der Waals surface area contributed by atoms with Gasteiger partial charge in [0, 0.05) is 19.1 Å². The number of carbonyl (C=O) groups excluding carboxylic acids is 2. The van der Waals surface area contributed by atoms with E-state index in [0.717, 1.165) is 45.3 Å². The van der Waals surface area contributed by atoms with Gasteiger partial charge in [-0.25, -0.2) is 4.98 Å². The van der Waals surface area contributed by atoms with E-state index in [1.54, 1.807) is 10.9 Å². The molecule has 2 N–H and O–H groups in total. The van der Waals surface area contributed by atoms with Crippen LogP contribution in [0.2, 0.25) is 0 Å². The van der Waals surface area contributed by atoms with Gasteiger partial charge in [0.15, 0.2) is 41.5 Å². The van der Waals surface area contributed by atoms with Crippen LogP contribution in [-0.2, 0) is 23.8 Å². The summed E-state index contributed by atoms with van der Waals surface area (Å²) < 4.78 is 18.9. The number of nitrogens with zero attached hydrogens (tertiary/aromatic N) is 9. The zero-order chi connectivity index (χ0) is 29.1. The van der Waals surface area contributed by atoms with E-state index in [1.165, 1.54) is 17.6 Å². The Morgan fingerprint density at radius 3 is 2.55 bits per heavy atom. The number of hydrogen-bond donors (Lipinski definition) is 2. The number of likely N-dealkylation sites (tertiary alicyclic amines) is 1. The van der Waals surface area contributed by atoms with Crippen LogP contribution >= 0.6 is 0 Å². The van der Waals surface area contributed by atoms with Gasteiger partial charge in [-0.05, 0) is 57.8 Å². The summed E-state index contributed by atoms with van der Waals surface area (Å²) >= 11 is 0. The molecule has 3 aliphatic rings. The van der Waals surface area contributed by atoms with E-state index < -0.39 is 24.5 Å². The fraction of sp³-hybridized carbons (Fsp3) is 0.692. The summed E-state index contributed by atoms with van der Waals surface area (Å²) in [6.07, 6.45) is 4.49. The van der Waals surface area contributed by atoms with E-state index in [1.807, 2.05) is 13.8 Å². The summed E-state index contributed by atoms with van der Waals surface area (Å²) in [5.74, 6) is 1.27. The Balaban J connectivity index is 1.34. The molecule has 3 fully saturated rings. The van der Waals surface area contributed by atoms with E-state index in [-0.39, 0.29) is 18.3 Å². The summed E-state index contributed by atoms with van der Waals surface area (Å²) in [6, 6.07) is 0.247. The number of carbonyl (C=O) groups is 2. The highest BCUT2D eigenvalue weighted by atomic mass is 16.6. The van der Waals surface area contributed by atoms with Crippen LogP contribution < -0.4 is 10.6 Å². The minimum absolute atomic E-state index is 0.0487. The molecular weight excluding hydrogens is 546 g/mol. The summed E-state index contributed by atoms with van der Waals surface area (Å²) in [7, 11) is 0. The topological polar surface area (TPSA) is 176 Å². The van der Waals surface area contributed by atoms with Gasteiger partial charge in [0.05, 0.1) is 12.4 Å². The van der Waals surface area contributed by atoms with Crippen LogP contribution in [0.25, 0.3) is 11.2 Å². The SMILES string of the molecule is CC(C)n1nnc([C@H]2O[C@@H](n3cnc4c(NC5CCCC5)nc(NCCN5CCCC5)nc43)[C@H](OC=O)[C@H]2OC=O)n1. The van der Waals surface area contributed by atoms with Gasteiger partial charge in [-0.2, -0.15) is 14.8 Å². The molecule has 42 heavy (non-hydrogen) atoms. The molecule has 0 unspecified atom stereocenters. The first-order valence-electron chi connectivity index (χ1n) is 14.7. The van der Waals surface area contributed by atoms with Crippen LogP contribution in [0.5, 0.6) is 0 Å². The highest BCUT2D eigenvalue weighted by Crippen LogP contribution is 2.42. The van der Waals surface area contributed by atoms with Gasteiger partial charge in [-0.15, -0.1) is 10.2 Å². The Morgan fingerprint density at radius 2 is 1.83 bits per heavy atom. The van der Waals surface area contributed by atoms with Crippen molar-refractivity contribution in [3.8, 4) is 0 Å². The van der Waals surface area contributed by atoms with Crippen LogP contribution in [-0.4, -0.2) is 102 Å². The monoisotopic (exact) mass is 583 g/mol. The molecule has 1 aliphatic carbocycles. The molecule has 0 spiro atoms. The molecule has 5 heterocycles. The van der Waals surface area contributed by atoms with Crippen molar-refractivity contribution in [1.82, 2.24) is 44.6 Å². The zero-order valence-electron chi connectivity index (χ0n) is 23.8. The fourth-order valence-electron chi connectivity index (χ4n) is 5.94. The van der Waals surface area contributed by atoms with Gasteiger partial charge >= 0.3 is 0 Å². The number of aromatic nitrogens is 8. The average Bonchev–Trinajstić information content (AvgIpc) is 3.80. The molecule has 226 valence electrons. The smallest absolute Gasteiger partial charge is 0.293 e. The molecule has 3 aromatic heterocycles. The Morgan fingerprint density at radius 1 is 1.07 bits per heavy atom. The maximum absolute atomic E-state index is 11.6. The van der Waals surface area contributed by atoms with Crippen molar-refractivity contribution in [3.05, 3.63) is 12.2 Å². The lowest BCUT2D eigenvalue weighted by molar-refractivity contribution is -0.151. The maximum Gasteiger partial charge on any atom is 0.293 e. The molecule has 6 rings (SSSR count). The van der Waals surface area contributed by atoms with Crippen LogP contribution in [0.3, 0.4) is 0 Å². The van der Waals surface area contributed by atoms with Gasteiger partial charge in [0.1, 0.15) is 0 Å². The third-order valence-corrected chi connectivity index (χ3v) is 8.08. The Hall–Kier alpha value is -3.92. The second-order valence-electron chi connectivity index (χ2n) is 11.2. The van der Waals surface area contributed by atoms with Crippen molar-refractivity contribution in [3.63, 3.8) is 0 Å². The van der Waals surface area contributed by atoms with Gasteiger partial charge in [-0.1, -0.05) is 12.8 Å². The highest BCUT2D eigenvalue weighted by Gasteiger charge is 2.52. The Labute approximate surface area is 242 Å². The first-order valence-corrected chi connectivity index (χ1v) is 14.7. The van der Waals surface area contributed by atoms with Crippen LogP contribution in [0, 0.1) is 0 Å². The predicted octanol–water partition coefficient (Wildman–Crippen LogP) is 1.61. The molecular formula is C26H37N11O5. The number of tetrazole rings is 1. The molecule has 16 heteroatoms. The van der Waals surface area contributed by atoms with Crippen molar-refractivity contribution in [2.24, 2.45) is 0 Å². The molecule has 0 radical (unpaired) electrons. The van der Waals surface area contributed by atoms with Gasteiger partial charge in [-0.3, -0.25) is 14.2 Å². The number of rotatable bonds is 13. The number of ether oxygens (including phenoxy) is 3. The molecule has 2 aliphatic heterocycles. The number of anilines is 2. The number of nitrogens with one attached hydrogen (secondary N) is 2. The van der Waals surface area contributed by atoms with Crippen LogP contribution in [0.15, 0.2) is 6.33 Å². The zero-order valence-corrected chi connectivity index (χ0v) is 23.8. The minimum atomic E-state index is -1.03. The molecule has 2 saturated heterocycles. The van der Waals surface area contributed by atoms with Crippen LogP contribution in [0.4, 0.5) is 11.8 Å². The van der Waals surface area contributed by atoms with Gasteiger partial charge in [0.25, 0.3) is 12.9 Å². The van der Waals surface area contributed by atoms with E-state index >= 15 is 0 Å².